The third-order valence-electron chi connectivity index (χ3n) is 3.40. The number of rotatable bonds is 5. The van der Waals surface area contributed by atoms with Gasteiger partial charge in [-0.1, -0.05) is 38.1 Å². The van der Waals surface area contributed by atoms with Gasteiger partial charge in [-0.2, -0.15) is 0 Å². The topological polar surface area (TPSA) is 42.9 Å². The fraction of sp³-hybridized carbons (Fsp3) is 0.389. The second-order valence-corrected chi connectivity index (χ2v) is 5.58. The predicted octanol–water partition coefficient (Wildman–Crippen LogP) is 4.00. The van der Waals surface area contributed by atoms with E-state index in [0.29, 0.717) is 13.2 Å². The Morgan fingerprint density at radius 3 is 2.70 bits per heavy atom. The number of ether oxygens (including phenoxy) is 2. The van der Waals surface area contributed by atoms with E-state index in [2.05, 4.69) is 44.4 Å². The fourth-order valence-electron chi connectivity index (χ4n) is 2.41. The molecule has 0 saturated carbocycles. The Bertz CT molecular complexity index is 686. The van der Waals surface area contributed by atoms with Gasteiger partial charge in [0, 0.05) is 13.7 Å². The van der Waals surface area contributed by atoms with Gasteiger partial charge >= 0.3 is 0 Å². The molecule has 0 bridgehead atoms. The average Bonchev–Trinajstić information content (AvgIpc) is 3.13. The zero-order valence-corrected chi connectivity index (χ0v) is 15.4. The van der Waals surface area contributed by atoms with Gasteiger partial charge in [0.25, 0.3) is 0 Å². The number of fused-ring (bicyclic) bond motifs is 1. The highest BCUT2D eigenvalue weighted by molar-refractivity contribution is 9.10. The van der Waals surface area contributed by atoms with E-state index in [1.165, 1.54) is 0 Å². The van der Waals surface area contributed by atoms with Crippen molar-refractivity contribution in [3.05, 3.63) is 40.4 Å². The van der Waals surface area contributed by atoms with Crippen molar-refractivity contribution in [2.24, 2.45) is 4.99 Å². The van der Waals surface area contributed by atoms with Crippen LogP contribution in [0, 0.1) is 0 Å². The van der Waals surface area contributed by atoms with Crippen LogP contribution in [0.2, 0.25) is 0 Å². The number of hydrogen-bond acceptors (Lipinski definition) is 4. The van der Waals surface area contributed by atoms with Crippen LogP contribution >= 0.6 is 15.9 Å². The maximum Gasteiger partial charge on any atom is 0.145 e. The van der Waals surface area contributed by atoms with Gasteiger partial charge in [-0.25, -0.2) is 0 Å². The fourth-order valence-corrected chi connectivity index (χ4v) is 3.10. The van der Waals surface area contributed by atoms with Crippen molar-refractivity contribution in [2.75, 3.05) is 33.4 Å². The quantitative estimate of drug-likeness (QED) is 0.799. The molecule has 5 heteroatoms. The van der Waals surface area contributed by atoms with Gasteiger partial charge in [0.1, 0.15) is 18.2 Å². The summed E-state index contributed by atoms with van der Waals surface area (Å²) in [5.74, 6) is 1.72. The molecular weight excluding hydrogens is 356 g/mol. The van der Waals surface area contributed by atoms with Gasteiger partial charge in [0.15, 0.2) is 0 Å². The Kier molecular flexibility index (Phi) is 6.86. The van der Waals surface area contributed by atoms with Crippen LogP contribution < -0.4 is 10.1 Å². The summed E-state index contributed by atoms with van der Waals surface area (Å²) < 4.78 is 12.0. The maximum atomic E-state index is 5.94. The summed E-state index contributed by atoms with van der Waals surface area (Å²) in [4.78, 5) is 4.52. The molecule has 0 fully saturated rings. The molecule has 0 aromatic heterocycles. The maximum absolute atomic E-state index is 5.94. The van der Waals surface area contributed by atoms with E-state index in [1.807, 2.05) is 26.0 Å². The molecule has 0 unspecified atom stereocenters. The van der Waals surface area contributed by atoms with E-state index in [-0.39, 0.29) is 0 Å². The van der Waals surface area contributed by atoms with Crippen molar-refractivity contribution in [2.45, 2.75) is 13.8 Å². The van der Waals surface area contributed by atoms with Crippen LogP contribution in [0.1, 0.15) is 19.4 Å². The monoisotopic (exact) mass is 378 g/mol. The van der Waals surface area contributed by atoms with Gasteiger partial charge in [-0.3, -0.25) is 4.99 Å². The van der Waals surface area contributed by atoms with E-state index in [9.17, 15) is 0 Å². The lowest BCUT2D eigenvalue weighted by Gasteiger charge is -2.16. The first-order chi connectivity index (χ1) is 11.3. The normalized spacial score (nSPS) is 13.1. The minimum Gasteiger partial charge on any atom is -0.489 e. The molecule has 0 amide bonds. The number of hydrogen-bond donors (Lipinski definition) is 1. The second-order valence-electron chi connectivity index (χ2n) is 4.79. The van der Waals surface area contributed by atoms with Crippen LogP contribution in [0.15, 0.2) is 39.8 Å². The van der Waals surface area contributed by atoms with Crippen molar-refractivity contribution in [1.29, 1.82) is 0 Å². The van der Waals surface area contributed by atoms with Crippen LogP contribution in [0.3, 0.4) is 0 Å². The number of aliphatic imine (C=N–C) groups is 1. The summed E-state index contributed by atoms with van der Waals surface area (Å²) in [5.41, 5.74) is 0.995. The standard InChI is InChI=1S/C16H17BrN2O2.C2H6/c1-20-8-9-21-15-13(16-18-6-7-19-16)10-11-4-2-3-5-12(11)14(15)17;1-2/h2-5,10H,6-9H2,1H3,(H,18,19);1-2H3. The Balaban J connectivity index is 0.000000924. The largest absolute Gasteiger partial charge is 0.489 e. The zero-order valence-electron chi connectivity index (χ0n) is 13.9. The number of nitrogens with zero attached hydrogens (tertiary/aromatic N) is 1. The average molecular weight is 379 g/mol. The molecule has 0 spiro atoms. The third-order valence-corrected chi connectivity index (χ3v) is 4.19. The second kappa shape index (κ2) is 8.89. The minimum absolute atomic E-state index is 0.508. The minimum atomic E-state index is 0.508. The number of methoxy groups -OCH3 is 1. The smallest absolute Gasteiger partial charge is 0.145 e. The summed E-state index contributed by atoms with van der Waals surface area (Å²) in [6, 6.07) is 10.4. The molecule has 0 aliphatic carbocycles. The lowest BCUT2D eigenvalue weighted by molar-refractivity contribution is 0.146. The van der Waals surface area contributed by atoms with Gasteiger partial charge in [-0.05, 0) is 32.8 Å². The summed E-state index contributed by atoms with van der Waals surface area (Å²) >= 11 is 3.68. The molecule has 2 aromatic rings. The Morgan fingerprint density at radius 1 is 1.22 bits per heavy atom. The molecule has 1 aliphatic heterocycles. The summed E-state index contributed by atoms with van der Waals surface area (Å²) in [7, 11) is 1.67. The summed E-state index contributed by atoms with van der Waals surface area (Å²) in [5, 5.41) is 5.61. The summed E-state index contributed by atoms with van der Waals surface area (Å²) in [6.45, 7) is 6.74. The van der Waals surface area contributed by atoms with E-state index >= 15 is 0 Å². The number of benzene rings is 2. The SMILES string of the molecule is CC.COCCOc1c(C2=NCCN2)cc2ccccc2c1Br. The third kappa shape index (κ3) is 4.03. The molecule has 1 N–H and O–H groups in total. The van der Waals surface area contributed by atoms with Crippen molar-refractivity contribution in [3.8, 4) is 5.75 Å². The molecule has 4 nitrogen and oxygen atoms in total. The Hall–Kier alpha value is -1.59. The molecule has 1 aliphatic rings. The van der Waals surface area contributed by atoms with Crippen molar-refractivity contribution in [3.63, 3.8) is 0 Å². The Labute approximate surface area is 146 Å². The number of halogens is 1. The molecule has 0 saturated heterocycles. The van der Waals surface area contributed by atoms with Crippen LogP contribution in [-0.2, 0) is 4.74 Å². The molecule has 0 atom stereocenters. The van der Waals surface area contributed by atoms with Crippen LogP contribution in [0.5, 0.6) is 5.75 Å². The molecule has 3 rings (SSSR count). The first kappa shape index (κ1) is 17.8. The number of amidine groups is 1. The molecule has 1 heterocycles. The highest BCUT2D eigenvalue weighted by atomic mass is 79.9. The van der Waals surface area contributed by atoms with Crippen molar-refractivity contribution >= 4 is 32.5 Å². The Morgan fingerprint density at radius 2 is 2.00 bits per heavy atom. The zero-order chi connectivity index (χ0) is 16.7. The van der Waals surface area contributed by atoms with Gasteiger partial charge in [0.05, 0.1) is 23.2 Å². The first-order valence-corrected chi connectivity index (χ1v) is 8.72. The van der Waals surface area contributed by atoms with Crippen LogP contribution in [-0.4, -0.2) is 39.2 Å². The van der Waals surface area contributed by atoms with Crippen molar-refractivity contribution < 1.29 is 9.47 Å². The summed E-state index contributed by atoms with van der Waals surface area (Å²) in [6.07, 6.45) is 0. The van der Waals surface area contributed by atoms with Gasteiger partial charge in [-0.15, -0.1) is 0 Å². The molecule has 23 heavy (non-hydrogen) atoms. The van der Waals surface area contributed by atoms with E-state index in [0.717, 1.165) is 45.5 Å². The molecule has 124 valence electrons. The van der Waals surface area contributed by atoms with Crippen molar-refractivity contribution in [1.82, 2.24) is 5.32 Å². The van der Waals surface area contributed by atoms with E-state index < -0.39 is 0 Å². The van der Waals surface area contributed by atoms with Crippen LogP contribution in [0.25, 0.3) is 10.8 Å². The lowest BCUT2D eigenvalue weighted by Crippen LogP contribution is -2.21. The highest BCUT2D eigenvalue weighted by Crippen LogP contribution is 2.37. The van der Waals surface area contributed by atoms with E-state index in [1.54, 1.807) is 7.11 Å². The van der Waals surface area contributed by atoms with Gasteiger partial charge in [0.2, 0.25) is 0 Å². The first-order valence-electron chi connectivity index (χ1n) is 7.93. The van der Waals surface area contributed by atoms with E-state index in [4.69, 9.17) is 9.47 Å². The van der Waals surface area contributed by atoms with Crippen LogP contribution in [0.4, 0.5) is 0 Å². The molecule has 2 aromatic carbocycles. The van der Waals surface area contributed by atoms with Gasteiger partial charge < -0.3 is 14.8 Å². The molecular formula is C18H23BrN2O2. The molecule has 0 radical (unpaired) electrons. The lowest BCUT2D eigenvalue weighted by atomic mass is 10.0. The predicted molar refractivity (Wildman–Crippen MR) is 99.8 cm³/mol. The highest BCUT2D eigenvalue weighted by Gasteiger charge is 2.19. The number of nitrogens with one attached hydrogen (secondary N) is 1.